The number of amides is 1. The normalized spacial score (nSPS) is 23.9. The number of ether oxygens (including phenoxy) is 1. The van der Waals surface area contributed by atoms with Gasteiger partial charge in [0, 0.05) is 25.6 Å². The van der Waals surface area contributed by atoms with Gasteiger partial charge < -0.3 is 15.0 Å². The Kier molecular flexibility index (Phi) is 5.24. The van der Waals surface area contributed by atoms with Crippen molar-refractivity contribution in [3.8, 4) is 0 Å². The fraction of sp³-hybridized carbons (Fsp3) is 0.684. The average molecular weight is 372 g/mol. The summed E-state index contributed by atoms with van der Waals surface area (Å²) in [5.74, 6) is 1.28. The molecule has 2 aromatic heterocycles. The molecule has 146 valence electrons. The van der Waals surface area contributed by atoms with E-state index in [0.717, 1.165) is 42.8 Å². The van der Waals surface area contributed by atoms with Crippen molar-refractivity contribution < 1.29 is 9.53 Å². The first-order chi connectivity index (χ1) is 13.1. The minimum atomic E-state index is 0.166. The molecule has 1 N–H and O–H groups in total. The lowest BCUT2D eigenvalue weighted by atomic mass is 10.1. The number of fused-ring (bicyclic) bond motifs is 1. The van der Waals surface area contributed by atoms with Crippen molar-refractivity contribution in [2.75, 3.05) is 24.5 Å². The second kappa shape index (κ2) is 7.80. The fourth-order valence-corrected chi connectivity index (χ4v) is 4.26. The standard InChI is InChI=1S/C19H28N6O2/c1-13-10-24(11-14(2)27-13)17-16-9-23-25(18(16)22-12-21-17)8-7-20-19(26)15-5-3-4-6-15/h9,12-15H,3-8,10-11H2,1-2H3,(H,20,26). The summed E-state index contributed by atoms with van der Waals surface area (Å²) in [7, 11) is 0. The van der Waals surface area contributed by atoms with Crippen molar-refractivity contribution in [3.05, 3.63) is 12.5 Å². The number of morpholine rings is 1. The molecule has 1 saturated heterocycles. The van der Waals surface area contributed by atoms with Gasteiger partial charge in [0.2, 0.25) is 5.91 Å². The van der Waals surface area contributed by atoms with Gasteiger partial charge in [0.05, 0.1) is 30.3 Å². The molecule has 0 bridgehead atoms. The van der Waals surface area contributed by atoms with Crippen LogP contribution in [0.25, 0.3) is 11.0 Å². The molecule has 1 aliphatic carbocycles. The van der Waals surface area contributed by atoms with Crippen molar-refractivity contribution in [2.24, 2.45) is 5.92 Å². The van der Waals surface area contributed by atoms with E-state index in [4.69, 9.17) is 4.74 Å². The van der Waals surface area contributed by atoms with Crippen LogP contribution in [0.15, 0.2) is 12.5 Å². The minimum absolute atomic E-state index is 0.166. The van der Waals surface area contributed by atoms with E-state index in [-0.39, 0.29) is 24.0 Å². The maximum absolute atomic E-state index is 12.2. The molecule has 4 rings (SSSR count). The molecular weight excluding hydrogens is 344 g/mol. The molecule has 0 aromatic carbocycles. The van der Waals surface area contributed by atoms with E-state index in [1.54, 1.807) is 6.33 Å². The molecule has 0 radical (unpaired) electrons. The Labute approximate surface area is 159 Å². The molecule has 1 saturated carbocycles. The van der Waals surface area contributed by atoms with Gasteiger partial charge in [-0.05, 0) is 26.7 Å². The lowest BCUT2D eigenvalue weighted by molar-refractivity contribution is -0.124. The molecule has 0 spiro atoms. The molecule has 2 aliphatic rings. The van der Waals surface area contributed by atoms with Crippen LogP contribution in [0.4, 0.5) is 5.82 Å². The number of carbonyl (C=O) groups excluding carboxylic acids is 1. The molecule has 1 amide bonds. The van der Waals surface area contributed by atoms with E-state index < -0.39 is 0 Å². The number of hydrogen-bond donors (Lipinski definition) is 1. The number of hydrogen-bond acceptors (Lipinski definition) is 6. The van der Waals surface area contributed by atoms with Gasteiger partial charge in [0.15, 0.2) is 5.65 Å². The Balaban J connectivity index is 1.45. The zero-order valence-electron chi connectivity index (χ0n) is 16.1. The molecule has 2 atom stereocenters. The summed E-state index contributed by atoms with van der Waals surface area (Å²) in [4.78, 5) is 23.4. The van der Waals surface area contributed by atoms with Crippen LogP contribution >= 0.6 is 0 Å². The fourth-order valence-electron chi connectivity index (χ4n) is 4.26. The topological polar surface area (TPSA) is 85.2 Å². The second-order valence-corrected chi connectivity index (χ2v) is 7.74. The van der Waals surface area contributed by atoms with Crippen LogP contribution in [-0.2, 0) is 16.1 Å². The van der Waals surface area contributed by atoms with Crippen LogP contribution in [0.5, 0.6) is 0 Å². The van der Waals surface area contributed by atoms with E-state index in [1.807, 2.05) is 10.9 Å². The zero-order chi connectivity index (χ0) is 18.8. The van der Waals surface area contributed by atoms with Crippen LogP contribution in [0, 0.1) is 5.92 Å². The van der Waals surface area contributed by atoms with Gasteiger partial charge in [-0.1, -0.05) is 12.8 Å². The monoisotopic (exact) mass is 372 g/mol. The van der Waals surface area contributed by atoms with Gasteiger partial charge in [-0.15, -0.1) is 0 Å². The summed E-state index contributed by atoms with van der Waals surface area (Å²) in [6, 6.07) is 0. The number of carbonyl (C=O) groups is 1. The molecule has 27 heavy (non-hydrogen) atoms. The summed E-state index contributed by atoms with van der Waals surface area (Å²) in [6.45, 7) is 6.94. The van der Waals surface area contributed by atoms with Gasteiger partial charge in [-0.25, -0.2) is 14.6 Å². The third-order valence-electron chi connectivity index (χ3n) is 5.48. The predicted molar refractivity (Wildman–Crippen MR) is 103 cm³/mol. The first-order valence-corrected chi connectivity index (χ1v) is 9.96. The highest BCUT2D eigenvalue weighted by molar-refractivity contribution is 5.86. The Hall–Kier alpha value is -2.22. The Morgan fingerprint density at radius 3 is 2.70 bits per heavy atom. The maximum atomic E-state index is 12.2. The van der Waals surface area contributed by atoms with Crippen molar-refractivity contribution in [2.45, 2.75) is 58.3 Å². The van der Waals surface area contributed by atoms with Crippen molar-refractivity contribution in [1.29, 1.82) is 0 Å². The van der Waals surface area contributed by atoms with E-state index in [9.17, 15) is 4.79 Å². The number of anilines is 1. The Morgan fingerprint density at radius 2 is 1.96 bits per heavy atom. The largest absolute Gasteiger partial charge is 0.372 e. The third-order valence-corrected chi connectivity index (χ3v) is 5.48. The minimum Gasteiger partial charge on any atom is -0.372 e. The predicted octanol–water partition coefficient (Wildman–Crippen LogP) is 1.75. The first-order valence-electron chi connectivity index (χ1n) is 9.96. The van der Waals surface area contributed by atoms with Gasteiger partial charge in [0.25, 0.3) is 0 Å². The van der Waals surface area contributed by atoms with Crippen molar-refractivity contribution >= 4 is 22.8 Å². The van der Waals surface area contributed by atoms with E-state index >= 15 is 0 Å². The van der Waals surface area contributed by atoms with Crippen LogP contribution in [0.2, 0.25) is 0 Å². The lowest BCUT2D eigenvalue weighted by Crippen LogP contribution is -2.45. The molecular formula is C19H28N6O2. The quantitative estimate of drug-likeness (QED) is 0.861. The molecule has 2 fully saturated rings. The number of rotatable bonds is 5. The molecule has 2 unspecified atom stereocenters. The lowest BCUT2D eigenvalue weighted by Gasteiger charge is -2.36. The van der Waals surface area contributed by atoms with Gasteiger partial charge in [-0.2, -0.15) is 5.10 Å². The maximum Gasteiger partial charge on any atom is 0.223 e. The van der Waals surface area contributed by atoms with Crippen molar-refractivity contribution in [1.82, 2.24) is 25.1 Å². The van der Waals surface area contributed by atoms with E-state index in [2.05, 4.69) is 39.1 Å². The summed E-state index contributed by atoms with van der Waals surface area (Å²) in [5, 5.41) is 8.48. The third kappa shape index (κ3) is 3.90. The highest BCUT2D eigenvalue weighted by Gasteiger charge is 2.25. The van der Waals surface area contributed by atoms with Gasteiger partial charge >= 0.3 is 0 Å². The van der Waals surface area contributed by atoms with Crippen LogP contribution in [0.1, 0.15) is 39.5 Å². The van der Waals surface area contributed by atoms with Crippen LogP contribution in [-0.4, -0.2) is 57.5 Å². The van der Waals surface area contributed by atoms with Crippen molar-refractivity contribution in [3.63, 3.8) is 0 Å². The second-order valence-electron chi connectivity index (χ2n) is 7.74. The average Bonchev–Trinajstić information content (AvgIpc) is 3.30. The Morgan fingerprint density at radius 1 is 1.22 bits per heavy atom. The van der Waals surface area contributed by atoms with E-state index in [1.165, 1.54) is 12.8 Å². The van der Waals surface area contributed by atoms with E-state index in [0.29, 0.717) is 13.1 Å². The Bertz CT molecular complexity index is 791. The highest BCUT2D eigenvalue weighted by atomic mass is 16.5. The van der Waals surface area contributed by atoms with Gasteiger partial charge in [-0.3, -0.25) is 4.79 Å². The smallest absolute Gasteiger partial charge is 0.223 e. The molecule has 3 heterocycles. The summed E-state index contributed by atoms with van der Waals surface area (Å²) < 4.78 is 7.68. The van der Waals surface area contributed by atoms with Crippen LogP contribution in [0.3, 0.4) is 0 Å². The first kappa shape index (κ1) is 18.2. The highest BCUT2D eigenvalue weighted by Crippen LogP contribution is 2.26. The molecule has 2 aromatic rings. The number of nitrogens with one attached hydrogen (secondary N) is 1. The summed E-state index contributed by atoms with van der Waals surface area (Å²) in [5.41, 5.74) is 0.807. The summed E-state index contributed by atoms with van der Waals surface area (Å²) in [6.07, 6.45) is 8.12. The molecule has 1 aliphatic heterocycles. The molecule has 8 heteroatoms. The number of aromatic nitrogens is 4. The van der Waals surface area contributed by atoms with Gasteiger partial charge in [0.1, 0.15) is 12.1 Å². The zero-order valence-corrected chi connectivity index (χ0v) is 16.1. The van der Waals surface area contributed by atoms with Crippen LogP contribution < -0.4 is 10.2 Å². The number of nitrogens with zero attached hydrogens (tertiary/aromatic N) is 5. The summed E-state index contributed by atoms with van der Waals surface area (Å²) >= 11 is 0. The SMILES string of the molecule is CC1CN(c2ncnc3c2cnn3CCNC(=O)C2CCCC2)CC(C)O1. The molecule has 8 nitrogen and oxygen atoms in total.